The Hall–Kier alpha value is -2.17. The molecule has 1 N–H and O–H groups in total. The number of carbonyl (C=O) groups is 1. The average molecular weight is 409 g/mol. The molecule has 0 aromatic heterocycles. The molecule has 0 spiro atoms. The van der Waals surface area contributed by atoms with E-state index in [1.54, 1.807) is 0 Å². The number of aliphatic carboxylic acids is 1. The second kappa shape index (κ2) is 9.10. The number of hydrogen-bond acceptors (Lipinski definition) is 2. The number of carboxylic acids is 1. The Kier molecular flexibility index (Phi) is 6.76. The molecule has 1 fully saturated rings. The van der Waals surface area contributed by atoms with Gasteiger partial charge in [0, 0.05) is 13.0 Å². The molecule has 1 saturated carbocycles. The van der Waals surface area contributed by atoms with Crippen molar-refractivity contribution in [3.05, 3.63) is 72.8 Å². The molecule has 4 heteroatoms. The summed E-state index contributed by atoms with van der Waals surface area (Å²) in [6.07, 6.45) is 6.13. The van der Waals surface area contributed by atoms with Gasteiger partial charge in [-0.1, -0.05) is 93.6 Å². The fraction of sp³-hybridized carbons (Fsp3) is 0.400. The molecule has 0 radical (unpaired) electrons. The van der Waals surface area contributed by atoms with Gasteiger partial charge in [-0.05, 0) is 40.1 Å². The standard InChI is InChI=1S/C25H32O3Si/c1-25(2,3)29(22-13-6-4-7-14-22,23-15-8-5-9-16-23)28-19-21-18-20(21)12-10-11-17-24(26)27/h4-10,12-16,20-21H,11,17-19H2,1-3H3,(H,26,27)/t20-,21+/m1/s1. The molecule has 2 aromatic rings. The lowest BCUT2D eigenvalue weighted by Gasteiger charge is -2.43. The van der Waals surface area contributed by atoms with Gasteiger partial charge < -0.3 is 9.53 Å². The first-order chi connectivity index (χ1) is 13.8. The minimum absolute atomic E-state index is 0.00256. The summed E-state index contributed by atoms with van der Waals surface area (Å²) in [4.78, 5) is 10.7. The Morgan fingerprint density at radius 2 is 1.62 bits per heavy atom. The third-order valence-corrected chi connectivity index (χ3v) is 10.8. The van der Waals surface area contributed by atoms with Gasteiger partial charge in [0.25, 0.3) is 8.32 Å². The first-order valence-corrected chi connectivity index (χ1v) is 12.4. The van der Waals surface area contributed by atoms with Gasteiger partial charge in [0.2, 0.25) is 0 Å². The highest BCUT2D eigenvalue weighted by molar-refractivity contribution is 6.99. The maximum absolute atomic E-state index is 10.7. The van der Waals surface area contributed by atoms with Gasteiger partial charge in [-0.15, -0.1) is 0 Å². The molecule has 0 aliphatic heterocycles. The number of allylic oxidation sites excluding steroid dienone is 2. The quantitative estimate of drug-likeness (QED) is 0.486. The van der Waals surface area contributed by atoms with Crippen molar-refractivity contribution in [2.45, 2.75) is 45.1 Å². The van der Waals surface area contributed by atoms with Crippen LogP contribution < -0.4 is 10.4 Å². The topological polar surface area (TPSA) is 46.5 Å². The van der Waals surface area contributed by atoms with Crippen LogP contribution in [0.15, 0.2) is 72.8 Å². The van der Waals surface area contributed by atoms with E-state index in [9.17, 15) is 4.79 Å². The summed E-state index contributed by atoms with van der Waals surface area (Å²) in [5.74, 6) is 0.303. The summed E-state index contributed by atoms with van der Waals surface area (Å²) < 4.78 is 6.98. The minimum Gasteiger partial charge on any atom is -0.481 e. The van der Waals surface area contributed by atoms with Crippen molar-refractivity contribution in [2.24, 2.45) is 11.8 Å². The molecule has 29 heavy (non-hydrogen) atoms. The molecule has 0 saturated heterocycles. The fourth-order valence-corrected chi connectivity index (χ4v) is 8.79. The number of benzene rings is 2. The smallest absolute Gasteiger partial charge is 0.303 e. The van der Waals surface area contributed by atoms with Crippen LogP contribution in [0.3, 0.4) is 0 Å². The summed E-state index contributed by atoms with van der Waals surface area (Å²) in [5.41, 5.74) is 0. The Balaban J connectivity index is 1.80. The van der Waals surface area contributed by atoms with Crippen molar-refractivity contribution in [3.8, 4) is 0 Å². The summed E-state index contributed by atoms with van der Waals surface area (Å²) in [6.45, 7) is 7.65. The molecule has 2 aromatic carbocycles. The molecular formula is C25H32O3Si. The molecule has 0 unspecified atom stereocenters. The highest BCUT2D eigenvalue weighted by Crippen LogP contribution is 2.43. The molecule has 2 atom stereocenters. The van der Waals surface area contributed by atoms with Crippen LogP contribution in [0.4, 0.5) is 0 Å². The van der Waals surface area contributed by atoms with E-state index in [0.717, 1.165) is 13.0 Å². The van der Waals surface area contributed by atoms with Crippen LogP contribution in [0, 0.1) is 11.8 Å². The zero-order valence-corrected chi connectivity index (χ0v) is 18.7. The predicted octanol–water partition coefficient (Wildman–Crippen LogP) is 4.62. The van der Waals surface area contributed by atoms with Gasteiger partial charge >= 0.3 is 5.97 Å². The zero-order valence-electron chi connectivity index (χ0n) is 17.7. The van der Waals surface area contributed by atoms with E-state index >= 15 is 0 Å². The lowest BCUT2D eigenvalue weighted by atomic mass is 10.2. The summed E-state index contributed by atoms with van der Waals surface area (Å²) in [5, 5.41) is 11.4. The molecule has 0 heterocycles. The van der Waals surface area contributed by atoms with Crippen molar-refractivity contribution in [2.75, 3.05) is 6.61 Å². The number of carboxylic acid groups (broad SMARTS) is 1. The lowest BCUT2D eigenvalue weighted by Crippen LogP contribution is -2.66. The number of rotatable bonds is 9. The molecule has 3 rings (SSSR count). The van der Waals surface area contributed by atoms with Crippen LogP contribution in [0.5, 0.6) is 0 Å². The van der Waals surface area contributed by atoms with E-state index in [-0.39, 0.29) is 11.5 Å². The highest BCUT2D eigenvalue weighted by atomic mass is 28.4. The van der Waals surface area contributed by atoms with Crippen molar-refractivity contribution in [3.63, 3.8) is 0 Å². The third kappa shape index (κ3) is 5.06. The molecule has 154 valence electrons. The second-order valence-corrected chi connectivity index (χ2v) is 13.3. The van der Waals surface area contributed by atoms with Crippen LogP contribution in [-0.2, 0) is 9.22 Å². The average Bonchev–Trinajstić information content (AvgIpc) is 3.44. The Morgan fingerprint density at radius 1 is 1.07 bits per heavy atom. The van der Waals surface area contributed by atoms with Crippen LogP contribution in [-0.4, -0.2) is 26.0 Å². The van der Waals surface area contributed by atoms with Crippen LogP contribution in [0.2, 0.25) is 5.04 Å². The van der Waals surface area contributed by atoms with Crippen LogP contribution in [0.1, 0.15) is 40.0 Å². The van der Waals surface area contributed by atoms with E-state index in [1.165, 1.54) is 10.4 Å². The van der Waals surface area contributed by atoms with E-state index in [0.29, 0.717) is 18.3 Å². The largest absolute Gasteiger partial charge is 0.481 e. The fourth-order valence-electron chi connectivity index (χ4n) is 4.17. The summed E-state index contributed by atoms with van der Waals surface area (Å²) in [6, 6.07) is 21.5. The van der Waals surface area contributed by atoms with Crippen molar-refractivity contribution < 1.29 is 14.3 Å². The summed E-state index contributed by atoms with van der Waals surface area (Å²) in [7, 11) is -2.46. The number of hydrogen-bond donors (Lipinski definition) is 1. The van der Waals surface area contributed by atoms with Gasteiger partial charge in [-0.3, -0.25) is 4.79 Å². The summed E-state index contributed by atoms with van der Waals surface area (Å²) >= 11 is 0. The molecule has 0 amide bonds. The van der Waals surface area contributed by atoms with Gasteiger partial charge in [0.05, 0.1) is 0 Å². The van der Waals surface area contributed by atoms with Crippen molar-refractivity contribution in [1.29, 1.82) is 0 Å². The van der Waals surface area contributed by atoms with Crippen molar-refractivity contribution in [1.82, 2.24) is 0 Å². The van der Waals surface area contributed by atoms with E-state index in [4.69, 9.17) is 9.53 Å². The Morgan fingerprint density at radius 3 is 2.10 bits per heavy atom. The first kappa shape index (κ1) is 21.5. The maximum Gasteiger partial charge on any atom is 0.303 e. The van der Waals surface area contributed by atoms with E-state index in [2.05, 4.69) is 87.5 Å². The molecule has 3 nitrogen and oxygen atoms in total. The van der Waals surface area contributed by atoms with Gasteiger partial charge in [0.15, 0.2) is 0 Å². The SMILES string of the molecule is CC(C)(C)[Si](OC[C@@H]1C[C@H]1C=CCCC(=O)O)(c1ccccc1)c1ccccc1. The zero-order chi connectivity index (χ0) is 20.9. The molecular weight excluding hydrogens is 376 g/mol. The van der Waals surface area contributed by atoms with Gasteiger partial charge in [-0.2, -0.15) is 0 Å². The molecule has 0 bridgehead atoms. The van der Waals surface area contributed by atoms with Crippen LogP contribution >= 0.6 is 0 Å². The van der Waals surface area contributed by atoms with Gasteiger partial charge in [0.1, 0.15) is 0 Å². The van der Waals surface area contributed by atoms with Crippen LogP contribution in [0.25, 0.3) is 0 Å². The monoisotopic (exact) mass is 408 g/mol. The first-order valence-electron chi connectivity index (χ1n) is 10.5. The van der Waals surface area contributed by atoms with Crippen molar-refractivity contribution >= 4 is 24.7 Å². The van der Waals surface area contributed by atoms with E-state index in [1.807, 2.05) is 6.08 Å². The highest BCUT2D eigenvalue weighted by Gasteiger charge is 2.51. The third-order valence-electron chi connectivity index (χ3n) is 5.82. The maximum atomic E-state index is 10.7. The van der Waals surface area contributed by atoms with E-state index < -0.39 is 14.3 Å². The second-order valence-electron chi connectivity index (χ2n) is 8.99. The lowest BCUT2D eigenvalue weighted by molar-refractivity contribution is -0.136. The molecule has 1 aliphatic rings. The Labute approximate surface area is 175 Å². The minimum atomic E-state index is -2.46. The predicted molar refractivity (Wildman–Crippen MR) is 121 cm³/mol. The Bertz CT molecular complexity index is 785. The normalized spacial score (nSPS) is 19.4. The van der Waals surface area contributed by atoms with Gasteiger partial charge in [-0.25, -0.2) is 0 Å². The molecule has 1 aliphatic carbocycles.